The van der Waals surface area contributed by atoms with Crippen LogP contribution in [0.15, 0.2) is 51.7 Å². The number of hydrogen-bond acceptors (Lipinski definition) is 6. The highest BCUT2D eigenvalue weighted by atomic mass is 19.1. The van der Waals surface area contributed by atoms with Gasteiger partial charge in [0.15, 0.2) is 6.10 Å². The van der Waals surface area contributed by atoms with Crippen molar-refractivity contribution in [2.75, 3.05) is 0 Å². The van der Waals surface area contributed by atoms with E-state index < -0.39 is 23.5 Å². The summed E-state index contributed by atoms with van der Waals surface area (Å²) in [6.45, 7) is 2.96. The van der Waals surface area contributed by atoms with Crippen LogP contribution < -0.4 is 10.4 Å². The Morgan fingerprint density at radius 1 is 1.22 bits per heavy atom. The maximum Gasteiger partial charge on any atom is 0.347 e. The number of hydrogen-bond donors (Lipinski definition) is 1. The SMILES string of the molecule is Cc1c(O)ccc2c(COC(=O)[C@H](C)Oc3ccc(F)cc3)cc(=O)oc12. The maximum atomic E-state index is 12.9. The normalized spacial score (nSPS) is 12.0. The van der Waals surface area contributed by atoms with E-state index in [0.717, 1.165) is 0 Å². The van der Waals surface area contributed by atoms with Crippen molar-refractivity contribution in [1.82, 2.24) is 0 Å². The summed E-state index contributed by atoms with van der Waals surface area (Å²) in [5, 5.41) is 10.3. The third-order valence-electron chi connectivity index (χ3n) is 4.05. The van der Waals surface area contributed by atoms with Crippen molar-refractivity contribution in [1.29, 1.82) is 0 Å². The van der Waals surface area contributed by atoms with Crippen LogP contribution in [-0.2, 0) is 16.1 Å². The molecule has 0 amide bonds. The van der Waals surface area contributed by atoms with Crippen LogP contribution >= 0.6 is 0 Å². The Hall–Kier alpha value is -3.35. The summed E-state index contributed by atoms with van der Waals surface area (Å²) < 4.78 is 28.7. The van der Waals surface area contributed by atoms with E-state index >= 15 is 0 Å². The van der Waals surface area contributed by atoms with Gasteiger partial charge in [0.25, 0.3) is 0 Å². The molecule has 0 fully saturated rings. The Labute approximate surface area is 153 Å². The quantitative estimate of drug-likeness (QED) is 0.545. The molecule has 1 heterocycles. The number of halogens is 1. The molecule has 0 unspecified atom stereocenters. The van der Waals surface area contributed by atoms with Crippen molar-refractivity contribution in [3.8, 4) is 11.5 Å². The fourth-order valence-corrected chi connectivity index (χ4v) is 2.57. The lowest BCUT2D eigenvalue weighted by molar-refractivity contribution is -0.152. The van der Waals surface area contributed by atoms with Crippen LogP contribution in [0.1, 0.15) is 18.1 Å². The van der Waals surface area contributed by atoms with Crippen LogP contribution in [0, 0.1) is 12.7 Å². The number of benzene rings is 2. The van der Waals surface area contributed by atoms with E-state index in [0.29, 0.717) is 22.3 Å². The fourth-order valence-electron chi connectivity index (χ4n) is 2.57. The number of fused-ring (bicyclic) bond motifs is 1. The Bertz CT molecular complexity index is 1040. The van der Waals surface area contributed by atoms with Crippen molar-refractivity contribution in [3.63, 3.8) is 0 Å². The highest BCUT2D eigenvalue weighted by molar-refractivity contribution is 5.85. The molecule has 7 heteroatoms. The molecule has 2 aromatic carbocycles. The van der Waals surface area contributed by atoms with E-state index in [4.69, 9.17) is 13.9 Å². The lowest BCUT2D eigenvalue weighted by atomic mass is 10.1. The first kappa shape index (κ1) is 18.4. The van der Waals surface area contributed by atoms with Gasteiger partial charge in [0, 0.05) is 22.6 Å². The number of phenols is 1. The van der Waals surface area contributed by atoms with Gasteiger partial charge in [-0.3, -0.25) is 0 Å². The Morgan fingerprint density at radius 2 is 1.93 bits per heavy atom. The number of phenolic OH excluding ortho intramolecular Hbond substituents is 1. The summed E-state index contributed by atoms with van der Waals surface area (Å²) in [5.41, 5.74) is 0.500. The number of aryl methyl sites for hydroxylation is 1. The topological polar surface area (TPSA) is 86.0 Å². The van der Waals surface area contributed by atoms with E-state index in [9.17, 15) is 19.1 Å². The number of aromatic hydroxyl groups is 1. The standard InChI is InChI=1S/C20H17FO6/c1-11-17(22)8-7-16-13(9-18(23)27-19(11)16)10-25-20(24)12(2)26-15-5-3-14(21)4-6-15/h3-9,12,22H,10H2,1-2H3/t12-/m0/s1. The molecule has 0 aliphatic rings. The van der Waals surface area contributed by atoms with Crippen LogP contribution in [0.5, 0.6) is 11.5 Å². The van der Waals surface area contributed by atoms with Crippen LogP contribution in [0.4, 0.5) is 4.39 Å². The summed E-state index contributed by atoms with van der Waals surface area (Å²) in [5.74, 6) is -0.719. The summed E-state index contributed by atoms with van der Waals surface area (Å²) >= 11 is 0. The predicted molar refractivity (Wildman–Crippen MR) is 95.2 cm³/mol. The molecule has 6 nitrogen and oxygen atoms in total. The molecule has 0 radical (unpaired) electrons. The summed E-state index contributed by atoms with van der Waals surface area (Å²) in [4.78, 5) is 23.9. The smallest absolute Gasteiger partial charge is 0.347 e. The van der Waals surface area contributed by atoms with E-state index in [2.05, 4.69) is 0 Å². The zero-order valence-corrected chi connectivity index (χ0v) is 14.7. The van der Waals surface area contributed by atoms with Gasteiger partial charge >= 0.3 is 11.6 Å². The first-order chi connectivity index (χ1) is 12.8. The molecule has 3 aromatic rings. The van der Waals surface area contributed by atoms with Crippen molar-refractivity contribution >= 4 is 16.9 Å². The second-order valence-corrected chi connectivity index (χ2v) is 6.00. The summed E-state index contributed by atoms with van der Waals surface area (Å²) in [6.07, 6.45) is -0.923. The number of ether oxygens (including phenoxy) is 2. The van der Waals surface area contributed by atoms with Crippen LogP contribution in [0.2, 0.25) is 0 Å². The zero-order valence-electron chi connectivity index (χ0n) is 14.7. The maximum absolute atomic E-state index is 12.9. The highest BCUT2D eigenvalue weighted by Gasteiger charge is 2.18. The van der Waals surface area contributed by atoms with Crippen LogP contribution in [0.25, 0.3) is 11.0 Å². The minimum Gasteiger partial charge on any atom is -0.508 e. The van der Waals surface area contributed by atoms with Gasteiger partial charge < -0.3 is 19.0 Å². The van der Waals surface area contributed by atoms with Gasteiger partial charge in [-0.25, -0.2) is 14.0 Å². The monoisotopic (exact) mass is 372 g/mol. The number of carbonyl (C=O) groups excluding carboxylic acids is 1. The van der Waals surface area contributed by atoms with Gasteiger partial charge in [0.05, 0.1) is 0 Å². The lowest BCUT2D eigenvalue weighted by Gasteiger charge is -2.14. The number of esters is 1. The van der Waals surface area contributed by atoms with Gasteiger partial charge in [-0.05, 0) is 50.2 Å². The average Bonchev–Trinajstić information content (AvgIpc) is 2.64. The Balaban J connectivity index is 1.74. The molecule has 0 bridgehead atoms. The van der Waals surface area contributed by atoms with Gasteiger partial charge in [0.1, 0.15) is 29.5 Å². The molecular formula is C20H17FO6. The van der Waals surface area contributed by atoms with E-state index in [1.165, 1.54) is 43.3 Å². The average molecular weight is 372 g/mol. The summed E-state index contributed by atoms with van der Waals surface area (Å²) in [6, 6.07) is 9.55. The van der Waals surface area contributed by atoms with Gasteiger partial charge in [0.2, 0.25) is 0 Å². The molecule has 0 spiro atoms. The van der Waals surface area contributed by atoms with E-state index in [1.807, 2.05) is 0 Å². The third kappa shape index (κ3) is 4.08. The van der Waals surface area contributed by atoms with Crippen molar-refractivity contribution in [2.45, 2.75) is 26.6 Å². The first-order valence-electron chi connectivity index (χ1n) is 8.19. The minimum absolute atomic E-state index is 0.00103. The molecule has 140 valence electrons. The molecular weight excluding hydrogens is 355 g/mol. The third-order valence-corrected chi connectivity index (χ3v) is 4.05. The molecule has 27 heavy (non-hydrogen) atoms. The Kier molecular flexibility index (Phi) is 5.12. The highest BCUT2D eigenvalue weighted by Crippen LogP contribution is 2.27. The fraction of sp³-hybridized carbons (Fsp3) is 0.200. The van der Waals surface area contributed by atoms with Gasteiger partial charge in [-0.15, -0.1) is 0 Å². The van der Waals surface area contributed by atoms with Crippen molar-refractivity contribution in [2.24, 2.45) is 0 Å². The second kappa shape index (κ2) is 7.49. The Morgan fingerprint density at radius 3 is 2.63 bits per heavy atom. The van der Waals surface area contributed by atoms with E-state index in [1.54, 1.807) is 13.0 Å². The van der Waals surface area contributed by atoms with Gasteiger partial charge in [-0.2, -0.15) is 0 Å². The second-order valence-electron chi connectivity index (χ2n) is 6.00. The molecule has 1 aromatic heterocycles. The van der Waals surface area contributed by atoms with Gasteiger partial charge in [-0.1, -0.05) is 0 Å². The number of rotatable bonds is 5. The molecule has 1 N–H and O–H groups in total. The molecule has 0 aliphatic carbocycles. The summed E-state index contributed by atoms with van der Waals surface area (Å²) in [7, 11) is 0. The molecule has 1 atom stereocenters. The van der Waals surface area contributed by atoms with Crippen molar-refractivity contribution < 1.29 is 28.2 Å². The first-order valence-corrected chi connectivity index (χ1v) is 8.19. The minimum atomic E-state index is -0.923. The predicted octanol–water partition coefficient (Wildman–Crippen LogP) is 3.46. The number of carbonyl (C=O) groups is 1. The van der Waals surface area contributed by atoms with Crippen LogP contribution in [-0.4, -0.2) is 17.2 Å². The lowest BCUT2D eigenvalue weighted by Crippen LogP contribution is -2.26. The largest absolute Gasteiger partial charge is 0.508 e. The van der Waals surface area contributed by atoms with Crippen molar-refractivity contribution in [3.05, 3.63) is 69.8 Å². The van der Waals surface area contributed by atoms with E-state index in [-0.39, 0.29) is 17.9 Å². The molecule has 3 rings (SSSR count). The molecule has 0 saturated carbocycles. The zero-order chi connectivity index (χ0) is 19.6. The molecule has 0 aliphatic heterocycles. The molecule has 0 saturated heterocycles. The van der Waals surface area contributed by atoms with Crippen LogP contribution in [0.3, 0.4) is 0 Å².